The van der Waals surface area contributed by atoms with Crippen LogP contribution >= 0.6 is 0 Å². The van der Waals surface area contributed by atoms with Crippen molar-refractivity contribution >= 4 is 11.7 Å². The Bertz CT molecular complexity index is 752. The summed E-state index contributed by atoms with van der Waals surface area (Å²) in [6.45, 7) is 2.31. The van der Waals surface area contributed by atoms with Crippen LogP contribution in [0.5, 0.6) is 0 Å². The molecule has 0 aliphatic rings. The van der Waals surface area contributed by atoms with Crippen LogP contribution in [-0.4, -0.2) is 26.2 Å². The molecule has 0 radical (unpaired) electrons. The number of nitrogens with zero attached hydrogens (tertiary/aromatic N) is 4. The number of aromatic nitrogens is 4. The zero-order valence-electron chi connectivity index (χ0n) is 11.9. The van der Waals surface area contributed by atoms with Gasteiger partial charge < -0.3 is 15.1 Å². The third-order valence-electron chi connectivity index (χ3n) is 3.12. The van der Waals surface area contributed by atoms with Gasteiger partial charge in [0.15, 0.2) is 0 Å². The van der Waals surface area contributed by atoms with Crippen LogP contribution < -0.4 is 10.6 Å². The Balaban J connectivity index is 1.68. The molecular weight excluding hydrogens is 284 g/mol. The SMILES string of the molecule is Cc1ccc(-n2cnnn2)cc1NC(=O)NCc1ccoc1. The summed E-state index contributed by atoms with van der Waals surface area (Å²) < 4.78 is 6.47. The Morgan fingerprint density at radius 3 is 3.00 bits per heavy atom. The van der Waals surface area contributed by atoms with E-state index in [1.165, 1.54) is 11.0 Å². The first kappa shape index (κ1) is 13.8. The Kier molecular flexibility index (Phi) is 3.82. The second-order valence-electron chi connectivity index (χ2n) is 4.69. The van der Waals surface area contributed by atoms with Gasteiger partial charge >= 0.3 is 6.03 Å². The minimum atomic E-state index is -0.293. The van der Waals surface area contributed by atoms with E-state index in [1.54, 1.807) is 18.6 Å². The predicted octanol–water partition coefficient (Wildman–Crippen LogP) is 1.89. The van der Waals surface area contributed by atoms with E-state index in [1.807, 2.05) is 25.1 Å². The summed E-state index contributed by atoms with van der Waals surface area (Å²) in [6.07, 6.45) is 4.64. The van der Waals surface area contributed by atoms with Gasteiger partial charge in [0.05, 0.1) is 18.2 Å². The van der Waals surface area contributed by atoms with E-state index in [0.717, 1.165) is 16.8 Å². The summed E-state index contributed by atoms with van der Waals surface area (Å²) in [5, 5.41) is 16.6. The van der Waals surface area contributed by atoms with Crippen molar-refractivity contribution in [2.24, 2.45) is 0 Å². The largest absolute Gasteiger partial charge is 0.472 e. The normalized spacial score (nSPS) is 10.4. The number of benzene rings is 1. The van der Waals surface area contributed by atoms with Crippen LogP contribution in [-0.2, 0) is 6.54 Å². The van der Waals surface area contributed by atoms with E-state index in [-0.39, 0.29) is 6.03 Å². The molecular formula is C14H14N6O2. The molecule has 2 amide bonds. The Morgan fingerprint density at radius 1 is 1.36 bits per heavy atom. The van der Waals surface area contributed by atoms with E-state index in [0.29, 0.717) is 12.2 Å². The molecule has 1 aromatic carbocycles. The summed E-state index contributed by atoms with van der Waals surface area (Å²) in [4.78, 5) is 12.0. The summed E-state index contributed by atoms with van der Waals surface area (Å²) in [6, 6.07) is 7.08. The second-order valence-corrected chi connectivity index (χ2v) is 4.69. The number of anilines is 1. The van der Waals surface area contributed by atoms with Gasteiger partial charge in [0.1, 0.15) is 6.33 Å². The molecule has 0 saturated carbocycles. The van der Waals surface area contributed by atoms with E-state index >= 15 is 0 Å². The van der Waals surface area contributed by atoms with E-state index < -0.39 is 0 Å². The van der Waals surface area contributed by atoms with Gasteiger partial charge in [-0.2, -0.15) is 0 Å². The first-order valence-electron chi connectivity index (χ1n) is 6.62. The van der Waals surface area contributed by atoms with Crippen LogP contribution in [0.1, 0.15) is 11.1 Å². The summed E-state index contributed by atoms with van der Waals surface area (Å²) in [7, 11) is 0. The zero-order valence-corrected chi connectivity index (χ0v) is 11.9. The number of carbonyl (C=O) groups is 1. The predicted molar refractivity (Wildman–Crippen MR) is 78.5 cm³/mol. The van der Waals surface area contributed by atoms with Crippen LogP contribution in [0.4, 0.5) is 10.5 Å². The number of urea groups is 1. The van der Waals surface area contributed by atoms with Gasteiger partial charge in [-0.3, -0.25) is 0 Å². The molecule has 112 valence electrons. The number of furan rings is 1. The average Bonchev–Trinajstić information content (AvgIpc) is 3.21. The monoisotopic (exact) mass is 298 g/mol. The Morgan fingerprint density at radius 2 is 2.27 bits per heavy atom. The van der Waals surface area contributed by atoms with Crippen molar-refractivity contribution in [1.29, 1.82) is 0 Å². The molecule has 0 saturated heterocycles. The molecule has 0 bridgehead atoms. The van der Waals surface area contributed by atoms with Crippen molar-refractivity contribution < 1.29 is 9.21 Å². The van der Waals surface area contributed by atoms with Crippen molar-refractivity contribution in [3.8, 4) is 5.69 Å². The molecule has 8 nitrogen and oxygen atoms in total. The number of carbonyl (C=O) groups excluding carboxylic acids is 1. The maximum absolute atomic E-state index is 12.0. The highest BCUT2D eigenvalue weighted by molar-refractivity contribution is 5.90. The number of hydrogen-bond acceptors (Lipinski definition) is 5. The summed E-state index contributed by atoms with van der Waals surface area (Å²) in [5.74, 6) is 0. The van der Waals surface area contributed by atoms with Crippen LogP contribution in [0.15, 0.2) is 47.5 Å². The summed E-state index contributed by atoms with van der Waals surface area (Å²) in [5.41, 5.74) is 3.29. The van der Waals surface area contributed by atoms with Crippen molar-refractivity contribution in [1.82, 2.24) is 25.5 Å². The van der Waals surface area contributed by atoms with Crippen molar-refractivity contribution in [3.63, 3.8) is 0 Å². The molecule has 8 heteroatoms. The van der Waals surface area contributed by atoms with Crippen molar-refractivity contribution in [2.75, 3.05) is 5.32 Å². The zero-order chi connectivity index (χ0) is 15.4. The van der Waals surface area contributed by atoms with Crippen LogP contribution in [0.2, 0.25) is 0 Å². The fraction of sp³-hybridized carbons (Fsp3) is 0.143. The third-order valence-corrected chi connectivity index (χ3v) is 3.12. The van der Waals surface area contributed by atoms with Crippen LogP contribution in [0.25, 0.3) is 5.69 Å². The summed E-state index contributed by atoms with van der Waals surface area (Å²) >= 11 is 0. The Labute approximate surface area is 126 Å². The molecule has 22 heavy (non-hydrogen) atoms. The molecule has 0 aliphatic heterocycles. The lowest BCUT2D eigenvalue weighted by molar-refractivity contribution is 0.251. The average molecular weight is 298 g/mol. The fourth-order valence-corrected chi connectivity index (χ4v) is 1.91. The molecule has 2 aromatic heterocycles. The van der Waals surface area contributed by atoms with Gasteiger partial charge in [-0.1, -0.05) is 6.07 Å². The molecule has 0 spiro atoms. The maximum atomic E-state index is 12.0. The first-order valence-corrected chi connectivity index (χ1v) is 6.62. The van der Waals surface area contributed by atoms with Gasteiger partial charge in [-0.25, -0.2) is 9.48 Å². The molecule has 0 unspecified atom stereocenters. The molecule has 2 N–H and O–H groups in total. The van der Waals surface area contributed by atoms with Crippen LogP contribution in [0.3, 0.4) is 0 Å². The minimum Gasteiger partial charge on any atom is -0.472 e. The first-order chi connectivity index (χ1) is 10.7. The van der Waals surface area contributed by atoms with Gasteiger partial charge in [-0.15, -0.1) is 5.10 Å². The molecule has 0 atom stereocenters. The highest BCUT2D eigenvalue weighted by atomic mass is 16.3. The third kappa shape index (κ3) is 3.11. The van der Waals surface area contributed by atoms with E-state index in [2.05, 4.69) is 26.2 Å². The van der Waals surface area contributed by atoms with Gasteiger partial charge in [0, 0.05) is 17.8 Å². The van der Waals surface area contributed by atoms with Crippen molar-refractivity contribution in [3.05, 3.63) is 54.2 Å². The highest BCUT2D eigenvalue weighted by Crippen LogP contribution is 2.18. The Hall–Kier alpha value is -3.16. The smallest absolute Gasteiger partial charge is 0.319 e. The second kappa shape index (κ2) is 6.08. The number of nitrogens with one attached hydrogen (secondary N) is 2. The molecule has 0 fully saturated rings. The van der Waals surface area contributed by atoms with Gasteiger partial charge in [0.2, 0.25) is 0 Å². The topological polar surface area (TPSA) is 97.9 Å². The standard InChI is InChI=1S/C14H14N6O2/c1-10-2-3-12(20-9-16-18-19-20)6-13(10)17-14(21)15-7-11-4-5-22-8-11/h2-6,8-9H,7H2,1H3,(H2,15,17,21). The maximum Gasteiger partial charge on any atom is 0.319 e. The number of hydrogen-bond donors (Lipinski definition) is 2. The van der Waals surface area contributed by atoms with E-state index in [9.17, 15) is 4.79 Å². The minimum absolute atomic E-state index is 0.293. The quantitative estimate of drug-likeness (QED) is 0.766. The lowest BCUT2D eigenvalue weighted by Gasteiger charge is -2.11. The molecule has 3 rings (SSSR count). The molecule has 3 aromatic rings. The van der Waals surface area contributed by atoms with E-state index in [4.69, 9.17) is 4.42 Å². The molecule has 2 heterocycles. The lowest BCUT2D eigenvalue weighted by Crippen LogP contribution is -2.28. The van der Waals surface area contributed by atoms with Gasteiger partial charge in [0.25, 0.3) is 0 Å². The fourth-order valence-electron chi connectivity index (χ4n) is 1.91. The number of tetrazole rings is 1. The number of rotatable bonds is 4. The van der Waals surface area contributed by atoms with Crippen LogP contribution in [0, 0.1) is 6.92 Å². The number of amides is 2. The highest BCUT2D eigenvalue weighted by Gasteiger charge is 2.07. The number of aryl methyl sites for hydroxylation is 1. The van der Waals surface area contributed by atoms with Gasteiger partial charge in [-0.05, 0) is 41.1 Å². The lowest BCUT2D eigenvalue weighted by atomic mass is 10.2. The molecule has 0 aliphatic carbocycles. The van der Waals surface area contributed by atoms with Crippen molar-refractivity contribution in [2.45, 2.75) is 13.5 Å².